The maximum absolute atomic E-state index is 11.1. The molecule has 0 spiro atoms. The van der Waals surface area contributed by atoms with Crippen LogP contribution in [0.2, 0.25) is 10.0 Å². The van der Waals surface area contributed by atoms with E-state index in [0.29, 0.717) is 21.3 Å². The molecule has 2 N–H and O–H groups in total. The molecule has 2 aromatic carbocycles. The van der Waals surface area contributed by atoms with Crippen molar-refractivity contribution in [3.63, 3.8) is 0 Å². The van der Waals surface area contributed by atoms with Crippen LogP contribution in [-0.4, -0.2) is 12.1 Å². The fraction of sp³-hybridized carbons (Fsp3) is 0. The van der Waals surface area contributed by atoms with Crippen molar-refractivity contribution in [3.8, 4) is 0 Å². The number of nitrogens with two attached hydrogens (primary N) is 1. The minimum Gasteiger partial charge on any atom is -0.366 e. The molecule has 3 nitrogen and oxygen atoms in total. The lowest BCUT2D eigenvalue weighted by Gasteiger charge is -1.99. The van der Waals surface area contributed by atoms with E-state index < -0.39 is 5.91 Å². The Morgan fingerprint density at radius 2 is 1.95 bits per heavy atom. The van der Waals surface area contributed by atoms with E-state index in [1.807, 2.05) is 0 Å². The van der Waals surface area contributed by atoms with Gasteiger partial charge in [-0.25, -0.2) is 0 Å². The first-order valence-corrected chi connectivity index (χ1v) is 6.21. The van der Waals surface area contributed by atoms with Crippen molar-refractivity contribution in [1.29, 1.82) is 0 Å². The van der Waals surface area contributed by atoms with Gasteiger partial charge in [-0.3, -0.25) is 9.79 Å². The molecule has 5 heteroatoms. The molecule has 96 valence electrons. The van der Waals surface area contributed by atoms with Gasteiger partial charge in [-0.1, -0.05) is 35.3 Å². The lowest BCUT2D eigenvalue weighted by atomic mass is 10.2. The van der Waals surface area contributed by atoms with E-state index in [9.17, 15) is 4.79 Å². The minimum atomic E-state index is -0.485. The van der Waals surface area contributed by atoms with Crippen molar-refractivity contribution >= 4 is 41.0 Å². The molecule has 0 aromatic heterocycles. The highest BCUT2D eigenvalue weighted by atomic mass is 35.5. The zero-order valence-electron chi connectivity index (χ0n) is 9.81. The zero-order valence-corrected chi connectivity index (χ0v) is 11.3. The van der Waals surface area contributed by atoms with Gasteiger partial charge in [0.05, 0.1) is 10.7 Å². The van der Waals surface area contributed by atoms with Gasteiger partial charge in [0.1, 0.15) is 0 Å². The highest BCUT2D eigenvalue weighted by molar-refractivity contribution is 6.36. The van der Waals surface area contributed by atoms with Crippen LogP contribution in [0.3, 0.4) is 0 Å². The van der Waals surface area contributed by atoms with Crippen LogP contribution in [0.4, 0.5) is 5.69 Å². The lowest BCUT2D eigenvalue weighted by Crippen LogP contribution is -2.10. The third kappa shape index (κ3) is 3.56. The number of rotatable bonds is 3. The van der Waals surface area contributed by atoms with Gasteiger partial charge >= 0.3 is 0 Å². The second-order valence-corrected chi connectivity index (χ2v) is 4.68. The number of halogens is 2. The quantitative estimate of drug-likeness (QED) is 0.859. The maximum Gasteiger partial charge on any atom is 0.248 e. The molecule has 0 heterocycles. The number of carbonyl (C=O) groups excluding carboxylic acids is 1. The summed E-state index contributed by atoms with van der Waals surface area (Å²) in [6.45, 7) is 0. The van der Waals surface area contributed by atoms with E-state index in [-0.39, 0.29) is 0 Å². The summed E-state index contributed by atoms with van der Waals surface area (Å²) in [4.78, 5) is 15.3. The summed E-state index contributed by atoms with van der Waals surface area (Å²) in [6, 6.07) is 11.9. The first kappa shape index (κ1) is 13.6. The van der Waals surface area contributed by atoms with Gasteiger partial charge in [0.2, 0.25) is 5.91 Å². The second kappa shape index (κ2) is 5.87. The van der Waals surface area contributed by atoms with Crippen LogP contribution in [-0.2, 0) is 0 Å². The first-order valence-electron chi connectivity index (χ1n) is 5.45. The molecular weight excluding hydrogens is 283 g/mol. The Bertz CT molecular complexity index is 654. The van der Waals surface area contributed by atoms with Crippen molar-refractivity contribution < 1.29 is 4.79 Å². The monoisotopic (exact) mass is 292 g/mol. The molecule has 19 heavy (non-hydrogen) atoms. The summed E-state index contributed by atoms with van der Waals surface area (Å²) in [6.07, 6.45) is 1.61. The lowest BCUT2D eigenvalue weighted by molar-refractivity contribution is 0.100. The Kier molecular flexibility index (Phi) is 4.20. The number of carbonyl (C=O) groups is 1. The molecule has 0 saturated heterocycles. The molecule has 0 aliphatic heterocycles. The molecule has 2 rings (SSSR count). The molecule has 0 bridgehead atoms. The number of hydrogen-bond donors (Lipinski definition) is 1. The topological polar surface area (TPSA) is 55.5 Å². The number of primary amides is 1. The fourth-order valence-electron chi connectivity index (χ4n) is 1.49. The predicted molar refractivity (Wildman–Crippen MR) is 78.7 cm³/mol. The SMILES string of the molecule is NC(=O)c1cccc(N=Cc2ccc(Cl)cc2Cl)c1. The molecule has 0 aliphatic rings. The van der Waals surface area contributed by atoms with Gasteiger partial charge in [0, 0.05) is 22.4 Å². The van der Waals surface area contributed by atoms with Gasteiger partial charge in [-0.2, -0.15) is 0 Å². The highest BCUT2D eigenvalue weighted by Crippen LogP contribution is 2.21. The van der Waals surface area contributed by atoms with Crippen molar-refractivity contribution in [2.24, 2.45) is 10.7 Å². The normalized spacial score (nSPS) is 10.8. The van der Waals surface area contributed by atoms with E-state index in [0.717, 1.165) is 5.56 Å². The van der Waals surface area contributed by atoms with Crippen molar-refractivity contribution in [2.75, 3.05) is 0 Å². The van der Waals surface area contributed by atoms with E-state index in [1.54, 1.807) is 48.7 Å². The summed E-state index contributed by atoms with van der Waals surface area (Å²) in [5.41, 5.74) is 6.99. The number of aliphatic imine (C=N–C) groups is 1. The smallest absolute Gasteiger partial charge is 0.248 e. The molecule has 0 saturated carbocycles. The average Bonchev–Trinajstić information content (AvgIpc) is 2.38. The van der Waals surface area contributed by atoms with Crippen molar-refractivity contribution in [1.82, 2.24) is 0 Å². The Balaban J connectivity index is 2.27. The fourth-order valence-corrected chi connectivity index (χ4v) is 1.95. The minimum absolute atomic E-state index is 0.414. The van der Waals surface area contributed by atoms with Crippen molar-refractivity contribution in [3.05, 3.63) is 63.6 Å². The average molecular weight is 293 g/mol. The van der Waals surface area contributed by atoms with E-state index in [1.165, 1.54) is 0 Å². The number of benzene rings is 2. The highest BCUT2D eigenvalue weighted by Gasteiger charge is 2.01. The van der Waals surface area contributed by atoms with Gasteiger partial charge in [0.25, 0.3) is 0 Å². The van der Waals surface area contributed by atoms with Gasteiger partial charge in [-0.05, 0) is 30.3 Å². The molecule has 1 amide bonds. The van der Waals surface area contributed by atoms with Crippen LogP contribution >= 0.6 is 23.2 Å². The maximum atomic E-state index is 11.1. The standard InChI is InChI=1S/C14H10Cl2N2O/c15-11-5-4-10(13(16)7-11)8-18-12-3-1-2-9(6-12)14(17)19/h1-8H,(H2,17,19). The Labute approximate surface area is 120 Å². The Morgan fingerprint density at radius 1 is 1.16 bits per heavy atom. The van der Waals surface area contributed by atoms with Crippen LogP contribution in [0.15, 0.2) is 47.5 Å². The van der Waals surface area contributed by atoms with Crippen molar-refractivity contribution in [2.45, 2.75) is 0 Å². The van der Waals surface area contributed by atoms with Crippen LogP contribution in [0, 0.1) is 0 Å². The van der Waals surface area contributed by atoms with Crippen LogP contribution < -0.4 is 5.73 Å². The molecule has 0 aliphatic carbocycles. The predicted octanol–water partition coefficient (Wildman–Crippen LogP) is 3.84. The summed E-state index contributed by atoms with van der Waals surface area (Å²) in [5, 5.41) is 1.08. The summed E-state index contributed by atoms with van der Waals surface area (Å²) < 4.78 is 0. The third-order valence-electron chi connectivity index (χ3n) is 2.45. The third-order valence-corrected chi connectivity index (χ3v) is 3.01. The summed E-state index contributed by atoms with van der Waals surface area (Å²) in [5.74, 6) is -0.485. The Hall–Kier alpha value is -1.84. The molecule has 0 radical (unpaired) electrons. The van der Waals surface area contributed by atoms with E-state index >= 15 is 0 Å². The van der Waals surface area contributed by atoms with Gasteiger partial charge in [0.15, 0.2) is 0 Å². The molecular formula is C14H10Cl2N2O. The number of amides is 1. The first-order chi connectivity index (χ1) is 9.06. The second-order valence-electron chi connectivity index (χ2n) is 3.84. The Morgan fingerprint density at radius 3 is 2.63 bits per heavy atom. The van der Waals surface area contributed by atoms with Crippen LogP contribution in [0.1, 0.15) is 15.9 Å². The van der Waals surface area contributed by atoms with Crippen LogP contribution in [0.25, 0.3) is 0 Å². The number of nitrogens with zero attached hydrogens (tertiary/aromatic N) is 1. The van der Waals surface area contributed by atoms with E-state index in [2.05, 4.69) is 4.99 Å². The van der Waals surface area contributed by atoms with Gasteiger partial charge in [-0.15, -0.1) is 0 Å². The molecule has 0 fully saturated rings. The molecule has 2 aromatic rings. The largest absolute Gasteiger partial charge is 0.366 e. The van der Waals surface area contributed by atoms with E-state index in [4.69, 9.17) is 28.9 Å². The van der Waals surface area contributed by atoms with Crippen LogP contribution in [0.5, 0.6) is 0 Å². The summed E-state index contributed by atoms with van der Waals surface area (Å²) >= 11 is 11.8. The number of hydrogen-bond acceptors (Lipinski definition) is 2. The zero-order chi connectivity index (χ0) is 13.8. The molecule has 0 atom stereocenters. The summed E-state index contributed by atoms with van der Waals surface area (Å²) in [7, 11) is 0. The van der Waals surface area contributed by atoms with Gasteiger partial charge < -0.3 is 5.73 Å². The molecule has 0 unspecified atom stereocenters.